The lowest BCUT2D eigenvalue weighted by Crippen LogP contribution is -2.45. The number of carbonyl (C=O) groups is 1. The van der Waals surface area contributed by atoms with Crippen molar-refractivity contribution in [3.63, 3.8) is 0 Å². The largest absolute Gasteiger partial charge is 0.394 e. The van der Waals surface area contributed by atoms with E-state index in [-0.39, 0.29) is 12.5 Å². The average molecular weight is 933 g/mol. The van der Waals surface area contributed by atoms with Gasteiger partial charge in [0.05, 0.1) is 18.8 Å². The molecule has 0 fully saturated rings. The third-order valence-electron chi connectivity index (χ3n) is 15.1. The minimum Gasteiger partial charge on any atom is -0.394 e. The first-order chi connectivity index (χ1) is 32.7. The topological polar surface area (TPSA) is 69.6 Å². The lowest BCUT2D eigenvalue weighted by atomic mass is 10.0. The van der Waals surface area contributed by atoms with Gasteiger partial charge in [-0.1, -0.05) is 354 Å². The molecular formula is C62H125NO3. The van der Waals surface area contributed by atoms with E-state index in [1.165, 1.54) is 321 Å². The van der Waals surface area contributed by atoms with Crippen LogP contribution in [0.3, 0.4) is 0 Å². The molecule has 0 spiro atoms. The highest BCUT2D eigenvalue weighted by molar-refractivity contribution is 5.76. The summed E-state index contributed by atoms with van der Waals surface area (Å²) >= 11 is 0. The molecule has 2 unspecified atom stereocenters. The molecule has 2 atom stereocenters. The lowest BCUT2D eigenvalue weighted by Gasteiger charge is -2.22. The average Bonchev–Trinajstić information content (AvgIpc) is 3.32. The third kappa shape index (κ3) is 54.3. The molecule has 4 nitrogen and oxygen atoms in total. The molecule has 0 aliphatic rings. The van der Waals surface area contributed by atoms with Crippen molar-refractivity contribution in [3.05, 3.63) is 0 Å². The van der Waals surface area contributed by atoms with Crippen LogP contribution in [0, 0.1) is 0 Å². The number of nitrogens with one attached hydrogen (secondary N) is 1. The van der Waals surface area contributed by atoms with Crippen LogP contribution in [0.15, 0.2) is 0 Å². The monoisotopic (exact) mass is 932 g/mol. The van der Waals surface area contributed by atoms with Gasteiger partial charge in [0.15, 0.2) is 0 Å². The van der Waals surface area contributed by atoms with Crippen LogP contribution < -0.4 is 5.32 Å². The molecular weight excluding hydrogens is 807 g/mol. The van der Waals surface area contributed by atoms with Crippen LogP contribution in [0.4, 0.5) is 0 Å². The summed E-state index contributed by atoms with van der Waals surface area (Å²) in [5.74, 6) is -0.0212. The second-order valence-corrected chi connectivity index (χ2v) is 21.8. The molecule has 0 heterocycles. The first-order valence-electron chi connectivity index (χ1n) is 31.2. The summed E-state index contributed by atoms with van der Waals surface area (Å²) in [5, 5.41) is 23.4. The molecule has 66 heavy (non-hydrogen) atoms. The van der Waals surface area contributed by atoms with Gasteiger partial charge in [-0.15, -0.1) is 0 Å². The standard InChI is InChI=1S/C62H125NO3/c1-3-5-7-9-11-13-15-17-19-21-23-25-26-27-28-29-30-31-32-33-34-35-36-38-39-41-43-45-47-49-51-53-55-57-61(65)60(59-64)63-62(66)58-56-54-52-50-48-46-44-42-40-37-24-22-20-18-16-14-12-10-8-6-4-2/h60-61,64-65H,3-59H2,1-2H3,(H,63,66). The Labute approximate surface area is 416 Å². The Morgan fingerprint density at radius 1 is 0.303 bits per heavy atom. The van der Waals surface area contributed by atoms with Crippen LogP contribution in [-0.2, 0) is 4.79 Å². The fourth-order valence-electron chi connectivity index (χ4n) is 10.4. The summed E-state index contributed by atoms with van der Waals surface area (Å²) in [5.41, 5.74) is 0. The molecule has 396 valence electrons. The van der Waals surface area contributed by atoms with E-state index in [0.29, 0.717) is 12.8 Å². The summed E-state index contributed by atoms with van der Waals surface area (Å²) in [6.07, 6.45) is 75.6. The number of aliphatic hydroxyl groups is 2. The van der Waals surface area contributed by atoms with Crippen LogP contribution in [0.1, 0.15) is 373 Å². The van der Waals surface area contributed by atoms with Gasteiger partial charge in [0, 0.05) is 6.42 Å². The molecule has 0 aromatic rings. The second kappa shape index (κ2) is 58.7. The number of aliphatic hydroxyl groups excluding tert-OH is 2. The highest BCUT2D eigenvalue weighted by atomic mass is 16.3. The Balaban J connectivity index is 3.36. The molecule has 0 radical (unpaired) electrons. The molecule has 0 aliphatic heterocycles. The Hall–Kier alpha value is -0.610. The number of rotatable bonds is 59. The molecule has 0 rings (SSSR count). The highest BCUT2D eigenvalue weighted by Gasteiger charge is 2.20. The van der Waals surface area contributed by atoms with Crippen molar-refractivity contribution in [2.24, 2.45) is 0 Å². The van der Waals surface area contributed by atoms with Gasteiger partial charge in [0.1, 0.15) is 0 Å². The molecule has 0 aromatic heterocycles. The number of amides is 1. The molecule has 3 N–H and O–H groups in total. The minimum atomic E-state index is -0.655. The molecule has 0 saturated heterocycles. The molecule has 0 aliphatic carbocycles. The normalized spacial score (nSPS) is 12.6. The summed E-state index contributed by atoms with van der Waals surface area (Å²) < 4.78 is 0. The van der Waals surface area contributed by atoms with Crippen molar-refractivity contribution < 1.29 is 15.0 Å². The SMILES string of the molecule is CCCCCCCCCCCCCCCCCCCCCCCCCCCCCCCCCCCC(O)C(CO)NC(=O)CCCCCCCCCCCCCCCCCCCCCCC. The first-order valence-corrected chi connectivity index (χ1v) is 31.2. The van der Waals surface area contributed by atoms with Crippen LogP contribution in [-0.4, -0.2) is 34.9 Å². The van der Waals surface area contributed by atoms with Crippen molar-refractivity contribution in [2.45, 2.75) is 386 Å². The number of carbonyl (C=O) groups excluding carboxylic acids is 1. The van der Waals surface area contributed by atoms with Crippen LogP contribution in [0.2, 0.25) is 0 Å². The Morgan fingerprint density at radius 2 is 0.485 bits per heavy atom. The Bertz CT molecular complexity index is 879. The van der Waals surface area contributed by atoms with Gasteiger partial charge in [0.2, 0.25) is 5.91 Å². The fraction of sp³-hybridized carbons (Fsp3) is 0.984. The van der Waals surface area contributed by atoms with Gasteiger partial charge in [-0.2, -0.15) is 0 Å². The fourth-order valence-corrected chi connectivity index (χ4v) is 10.4. The second-order valence-electron chi connectivity index (χ2n) is 21.8. The van der Waals surface area contributed by atoms with Gasteiger partial charge in [-0.3, -0.25) is 4.79 Å². The van der Waals surface area contributed by atoms with Gasteiger partial charge in [0.25, 0.3) is 0 Å². The van der Waals surface area contributed by atoms with Crippen LogP contribution in [0.5, 0.6) is 0 Å². The maximum atomic E-state index is 12.5. The van der Waals surface area contributed by atoms with Crippen molar-refractivity contribution in [3.8, 4) is 0 Å². The zero-order chi connectivity index (χ0) is 47.7. The van der Waals surface area contributed by atoms with E-state index in [4.69, 9.17) is 0 Å². The van der Waals surface area contributed by atoms with E-state index >= 15 is 0 Å². The molecule has 0 saturated carbocycles. The molecule has 4 heteroatoms. The van der Waals surface area contributed by atoms with E-state index in [1.54, 1.807) is 0 Å². The zero-order valence-corrected chi connectivity index (χ0v) is 45.8. The van der Waals surface area contributed by atoms with E-state index in [1.807, 2.05) is 0 Å². The minimum absolute atomic E-state index is 0.0212. The summed E-state index contributed by atoms with van der Waals surface area (Å²) in [7, 11) is 0. The Kier molecular flexibility index (Phi) is 58.2. The summed E-state index contributed by atoms with van der Waals surface area (Å²) in [4.78, 5) is 12.5. The van der Waals surface area contributed by atoms with Crippen molar-refractivity contribution in [1.29, 1.82) is 0 Å². The quantitative estimate of drug-likeness (QED) is 0.0532. The van der Waals surface area contributed by atoms with Crippen molar-refractivity contribution >= 4 is 5.91 Å². The highest BCUT2D eigenvalue weighted by Crippen LogP contribution is 2.19. The van der Waals surface area contributed by atoms with Crippen LogP contribution in [0.25, 0.3) is 0 Å². The summed E-state index contributed by atoms with van der Waals surface area (Å²) in [6.45, 7) is 4.41. The molecule has 1 amide bonds. The van der Waals surface area contributed by atoms with E-state index in [0.717, 1.165) is 25.7 Å². The zero-order valence-electron chi connectivity index (χ0n) is 45.8. The summed E-state index contributed by atoms with van der Waals surface area (Å²) in [6, 6.07) is -0.532. The van der Waals surface area contributed by atoms with E-state index in [2.05, 4.69) is 19.2 Å². The molecule has 0 bridgehead atoms. The molecule has 0 aromatic carbocycles. The third-order valence-corrected chi connectivity index (χ3v) is 15.1. The van der Waals surface area contributed by atoms with E-state index < -0.39 is 12.1 Å². The van der Waals surface area contributed by atoms with Gasteiger partial charge < -0.3 is 15.5 Å². The van der Waals surface area contributed by atoms with Gasteiger partial charge >= 0.3 is 0 Å². The Morgan fingerprint density at radius 3 is 0.682 bits per heavy atom. The maximum Gasteiger partial charge on any atom is 0.220 e. The lowest BCUT2D eigenvalue weighted by molar-refractivity contribution is -0.123. The van der Waals surface area contributed by atoms with Crippen molar-refractivity contribution in [1.82, 2.24) is 5.32 Å². The maximum absolute atomic E-state index is 12.5. The van der Waals surface area contributed by atoms with Crippen LogP contribution >= 0.6 is 0 Å². The van der Waals surface area contributed by atoms with E-state index in [9.17, 15) is 15.0 Å². The van der Waals surface area contributed by atoms with Crippen molar-refractivity contribution in [2.75, 3.05) is 6.61 Å². The van der Waals surface area contributed by atoms with Gasteiger partial charge in [-0.25, -0.2) is 0 Å². The number of hydrogen-bond donors (Lipinski definition) is 3. The smallest absolute Gasteiger partial charge is 0.220 e. The predicted molar refractivity (Wildman–Crippen MR) is 295 cm³/mol. The number of unbranched alkanes of at least 4 members (excludes halogenated alkanes) is 52. The number of hydrogen-bond acceptors (Lipinski definition) is 3. The first kappa shape index (κ1) is 65.4. The predicted octanol–water partition coefficient (Wildman–Crippen LogP) is 20.7. The van der Waals surface area contributed by atoms with Gasteiger partial charge in [-0.05, 0) is 12.8 Å².